The van der Waals surface area contributed by atoms with Crippen LogP contribution >= 0.6 is 0 Å². The molecule has 0 aromatic carbocycles. The topological polar surface area (TPSA) is 40.5 Å². The summed E-state index contributed by atoms with van der Waals surface area (Å²) in [5.41, 5.74) is 0. The normalized spacial score (nSPS) is 11.1. The van der Waals surface area contributed by atoms with Gasteiger partial charge in [0.2, 0.25) is 5.91 Å². The highest BCUT2D eigenvalue weighted by Crippen LogP contribution is 2.09. The van der Waals surface area contributed by atoms with E-state index in [-0.39, 0.29) is 18.6 Å². The summed E-state index contributed by atoms with van der Waals surface area (Å²) in [6.07, 6.45) is 2.24. The van der Waals surface area contributed by atoms with Crippen LogP contribution in [0.15, 0.2) is 0 Å². The molecule has 0 bridgehead atoms. The molecule has 0 unspecified atom stereocenters. The maximum absolute atomic E-state index is 11.8. The maximum Gasteiger partial charge on any atom is 0.222 e. The summed E-state index contributed by atoms with van der Waals surface area (Å²) in [5, 5.41) is 8.76. The highest BCUT2D eigenvalue weighted by Gasteiger charge is 2.16. The van der Waals surface area contributed by atoms with Crippen LogP contribution in [0.1, 0.15) is 47.0 Å². The highest BCUT2D eigenvalue weighted by molar-refractivity contribution is 5.76. The lowest BCUT2D eigenvalue weighted by Crippen LogP contribution is -2.38. The van der Waals surface area contributed by atoms with Crippen molar-refractivity contribution in [2.24, 2.45) is 5.92 Å². The van der Waals surface area contributed by atoms with E-state index < -0.39 is 0 Å². The zero-order valence-electron chi connectivity index (χ0n) is 10.5. The lowest BCUT2D eigenvalue weighted by atomic mass is 10.1. The van der Waals surface area contributed by atoms with Gasteiger partial charge in [0, 0.05) is 25.6 Å². The molecule has 0 saturated heterocycles. The van der Waals surface area contributed by atoms with Crippen molar-refractivity contribution in [1.82, 2.24) is 4.90 Å². The van der Waals surface area contributed by atoms with E-state index in [9.17, 15) is 4.79 Å². The van der Waals surface area contributed by atoms with Gasteiger partial charge in [-0.3, -0.25) is 4.79 Å². The van der Waals surface area contributed by atoms with E-state index in [2.05, 4.69) is 13.8 Å². The minimum Gasteiger partial charge on any atom is -0.396 e. The highest BCUT2D eigenvalue weighted by atomic mass is 16.3. The maximum atomic E-state index is 11.8. The molecule has 0 radical (unpaired) electrons. The number of rotatable bonds is 7. The molecule has 0 fully saturated rings. The van der Waals surface area contributed by atoms with E-state index >= 15 is 0 Å². The molecule has 90 valence electrons. The van der Waals surface area contributed by atoms with Crippen LogP contribution < -0.4 is 0 Å². The third-order valence-corrected chi connectivity index (χ3v) is 2.44. The van der Waals surface area contributed by atoms with Crippen molar-refractivity contribution in [3.8, 4) is 0 Å². The van der Waals surface area contributed by atoms with Gasteiger partial charge in [0.05, 0.1) is 0 Å². The number of aliphatic hydroxyl groups excluding tert-OH is 1. The summed E-state index contributed by atoms with van der Waals surface area (Å²) in [4.78, 5) is 13.7. The predicted octanol–water partition coefficient (Wildman–Crippen LogP) is 2.04. The quantitative estimate of drug-likeness (QED) is 0.706. The van der Waals surface area contributed by atoms with Crippen LogP contribution in [0, 0.1) is 5.92 Å². The van der Waals surface area contributed by atoms with Gasteiger partial charge in [-0.05, 0) is 32.6 Å². The molecular formula is C12H25NO2. The van der Waals surface area contributed by atoms with Crippen molar-refractivity contribution in [3.05, 3.63) is 0 Å². The van der Waals surface area contributed by atoms with Gasteiger partial charge in [-0.2, -0.15) is 0 Å². The minimum atomic E-state index is 0.153. The standard InChI is InChI=1S/C12H25NO2/c1-10(2)6-7-12(15)13(11(3)4)8-5-9-14/h10-11,14H,5-9H2,1-4H3. The molecule has 0 atom stereocenters. The van der Waals surface area contributed by atoms with Crippen LogP contribution in [0.4, 0.5) is 0 Å². The first-order chi connectivity index (χ1) is 6.99. The monoisotopic (exact) mass is 215 g/mol. The van der Waals surface area contributed by atoms with E-state index in [1.165, 1.54) is 0 Å². The lowest BCUT2D eigenvalue weighted by Gasteiger charge is -2.27. The number of carbonyl (C=O) groups is 1. The molecule has 0 saturated carbocycles. The van der Waals surface area contributed by atoms with Crippen molar-refractivity contribution >= 4 is 5.91 Å². The molecule has 15 heavy (non-hydrogen) atoms. The number of amides is 1. The summed E-state index contributed by atoms with van der Waals surface area (Å²) in [6.45, 7) is 9.11. The fraction of sp³-hybridized carbons (Fsp3) is 0.917. The van der Waals surface area contributed by atoms with E-state index in [1.807, 2.05) is 18.7 Å². The Hall–Kier alpha value is -0.570. The molecule has 0 aliphatic rings. The van der Waals surface area contributed by atoms with Gasteiger partial charge in [-0.25, -0.2) is 0 Å². The van der Waals surface area contributed by atoms with Crippen LogP contribution in [0.5, 0.6) is 0 Å². The molecule has 0 heterocycles. The van der Waals surface area contributed by atoms with Crippen molar-refractivity contribution in [3.63, 3.8) is 0 Å². The molecule has 3 nitrogen and oxygen atoms in total. The van der Waals surface area contributed by atoms with E-state index in [4.69, 9.17) is 5.11 Å². The van der Waals surface area contributed by atoms with Gasteiger partial charge in [-0.1, -0.05) is 13.8 Å². The largest absolute Gasteiger partial charge is 0.396 e. The van der Waals surface area contributed by atoms with Gasteiger partial charge in [-0.15, -0.1) is 0 Å². The van der Waals surface area contributed by atoms with Crippen LogP contribution in [0.25, 0.3) is 0 Å². The van der Waals surface area contributed by atoms with Gasteiger partial charge >= 0.3 is 0 Å². The molecule has 1 N–H and O–H groups in total. The van der Waals surface area contributed by atoms with Gasteiger partial charge in [0.1, 0.15) is 0 Å². The molecule has 0 spiro atoms. The second-order valence-electron chi connectivity index (χ2n) is 4.69. The van der Waals surface area contributed by atoms with Gasteiger partial charge in [0.25, 0.3) is 0 Å². The predicted molar refractivity (Wildman–Crippen MR) is 62.6 cm³/mol. The molecular weight excluding hydrogens is 190 g/mol. The summed E-state index contributed by atoms with van der Waals surface area (Å²) < 4.78 is 0. The van der Waals surface area contributed by atoms with E-state index in [0.717, 1.165) is 6.42 Å². The van der Waals surface area contributed by atoms with Crippen molar-refractivity contribution < 1.29 is 9.90 Å². The third kappa shape index (κ3) is 6.50. The van der Waals surface area contributed by atoms with Crippen LogP contribution in [-0.2, 0) is 4.79 Å². The first kappa shape index (κ1) is 14.4. The average Bonchev–Trinajstić information content (AvgIpc) is 2.14. The van der Waals surface area contributed by atoms with E-state index in [1.54, 1.807) is 0 Å². The van der Waals surface area contributed by atoms with Crippen LogP contribution in [0.2, 0.25) is 0 Å². The first-order valence-corrected chi connectivity index (χ1v) is 5.89. The Balaban J connectivity index is 4.05. The Morgan fingerprint density at radius 3 is 2.27 bits per heavy atom. The molecule has 0 aromatic heterocycles. The number of aliphatic hydroxyl groups is 1. The summed E-state index contributed by atoms with van der Waals surface area (Å²) in [7, 11) is 0. The number of hydrogen-bond acceptors (Lipinski definition) is 2. The van der Waals surface area contributed by atoms with Crippen LogP contribution in [-0.4, -0.2) is 35.1 Å². The first-order valence-electron chi connectivity index (χ1n) is 5.89. The summed E-state index contributed by atoms with van der Waals surface area (Å²) in [6, 6.07) is 0.233. The number of nitrogens with zero attached hydrogens (tertiary/aromatic N) is 1. The smallest absolute Gasteiger partial charge is 0.222 e. The number of hydrogen-bond donors (Lipinski definition) is 1. The van der Waals surface area contributed by atoms with Crippen LogP contribution in [0.3, 0.4) is 0 Å². The Morgan fingerprint density at radius 1 is 1.27 bits per heavy atom. The Morgan fingerprint density at radius 2 is 1.87 bits per heavy atom. The molecule has 1 amide bonds. The Bertz CT molecular complexity index is 178. The molecule has 3 heteroatoms. The molecule has 0 aliphatic carbocycles. The SMILES string of the molecule is CC(C)CCC(=O)N(CCCO)C(C)C. The summed E-state index contributed by atoms with van der Waals surface area (Å²) >= 11 is 0. The van der Waals surface area contributed by atoms with Gasteiger partial charge in [0.15, 0.2) is 0 Å². The Labute approximate surface area is 93.5 Å². The molecule has 0 aromatic rings. The lowest BCUT2D eigenvalue weighted by molar-refractivity contribution is -0.133. The van der Waals surface area contributed by atoms with Crippen molar-refractivity contribution in [2.45, 2.75) is 53.0 Å². The van der Waals surface area contributed by atoms with Crippen molar-refractivity contribution in [1.29, 1.82) is 0 Å². The second-order valence-corrected chi connectivity index (χ2v) is 4.69. The number of carbonyl (C=O) groups excluding carboxylic acids is 1. The second kappa shape index (κ2) is 7.69. The summed E-state index contributed by atoms with van der Waals surface area (Å²) in [5.74, 6) is 0.785. The van der Waals surface area contributed by atoms with Crippen molar-refractivity contribution in [2.75, 3.05) is 13.2 Å². The fourth-order valence-electron chi connectivity index (χ4n) is 1.47. The molecule has 0 aliphatic heterocycles. The average molecular weight is 215 g/mol. The van der Waals surface area contributed by atoms with E-state index in [0.29, 0.717) is 25.3 Å². The fourth-order valence-corrected chi connectivity index (χ4v) is 1.47. The Kier molecular flexibility index (Phi) is 7.39. The zero-order chi connectivity index (χ0) is 11.8. The molecule has 0 rings (SSSR count). The zero-order valence-corrected chi connectivity index (χ0v) is 10.5. The van der Waals surface area contributed by atoms with Gasteiger partial charge < -0.3 is 10.0 Å². The third-order valence-electron chi connectivity index (χ3n) is 2.44. The minimum absolute atomic E-state index is 0.153.